The minimum absolute atomic E-state index is 0.0960. The molecular weight excluding hydrogens is 232 g/mol. The molecule has 0 radical (unpaired) electrons. The van der Waals surface area contributed by atoms with E-state index >= 15 is 0 Å². The summed E-state index contributed by atoms with van der Waals surface area (Å²) >= 11 is 0. The number of nitriles is 1. The van der Waals surface area contributed by atoms with E-state index in [4.69, 9.17) is 5.26 Å². The number of hydrogen-bond acceptors (Lipinski definition) is 2. The molecule has 0 aliphatic rings. The van der Waals surface area contributed by atoms with Gasteiger partial charge in [0.2, 0.25) is 0 Å². The molecule has 2 aromatic carbocycles. The number of benzene rings is 2. The van der Waals surface area contributed by atoms with Crippen molar-refractivity contribution in [1.29, 1.82) is 5.26 Å². The average molecular weight is 252 g/mol. The first-order valence-corrected chi connectivity index (χ1v) is 6.75. The van der Waals surface area contributed by atoms with Gasteiger partial charge < -0.3 is 4.90 Å². The minimum atomic E-state index is 0.0960. The Morgan fingerprint density at radius 1 is 1.16 bits per heavy atom. The van der Waals surface area contributed by atoms with Gasteiger partial charge in [-0.15, -0.1) is 0 Å². The van der Waals surface area contributed by atoms with Crippen LogP contribution in [0.3, 0.4) is 0 Å². The molecule has 2 rings (SSSR count). The number of hydrogen-bond donors (Lipinski definition) is 0. The fourth-order valence-electron chi connectivity index (χ4n) is 2.29. The molecular formula is C17H20N2. The van der Waals surface area contributed by atoms with Crippen LogP contribution in [-0.4, -0.2) is 13.6 Å². The van der Waals surface area contributed by atoms with Crippen LogP contribution in [0.25, 0.3) is 10.8 Å². The summed E-state index contributed by atoms with van der Waals surface area (Å²) in [6.45, 7) is 4.95. The molecule has 0 saturated heterocycles. The van der Waals surface area contributed by atoms with E-state index in [2.05, 4.69) is 68.3 Å². The van der Waals surface area contributed by atoms with Crippen molar-refractivity contribution in [2.75, 3.05) is 18.5 Å². The standard InChI is InChI=1S/C17H20N2/c1-4-14(11-18)12-19(3)17-8-7-15-9-13(2)5-6-16(15)10-17/h5-10,14H,4,12H2,1-3H3. The molecule has 0 spiro atoms. The molecule has 2 nitrogen and oxygen atoms in total. The van der Waals surface area contributed by atoms with Crippen molar-refractivity contribution in [3.8, 4) is 6.07 Å². The highest BCUT2D eigenvalue weighted by Crippen LogP contribution is 2.23. The second-order valence-corrected chi connectivity index (χ2v) is 5.15. The molecule has 98 valence electrons. The maximum Gasteiger partial charge on any atom is 0.0674 e. The van der Waals surface area contributed by atoms with Crippen LogP contribution in [0, 0.1) is 24.2 Å². The fourth-order valence-corrected chi connectivity index (χ4v) is 2.29. The average Bonchev–Trinajstić information content (AvgIpc) is 2.43. The molecule has 1 unspecified atom stereocenters. The van der Waals surface area contributed by atoms with Gasteiger partial charge in [0, 0.05) is 19.3 Å². The largest absolute Gasteiger partial charge is 0.373 e. The zero-order valence-corrected chi connectivity index (χ0v) is 11.9. The Kier molecular flexibility index (Phi) is 4.06. The maximum absolute atomic E-state index is 9.05. The number of anilines is 1. The van der Waals surface area contributed by atoms with E-state index < -0.39 is 0 Å². The van der Waals surface area contributed by atoms with Crippen LogP contribution in [0.2, 0.25) is 0 Å². The Morgan fingerprint density at radius 3 is 2.53 bits per heavy atom. The summed E-state index contributed by atoms with van der Waals surface area (Å²) in [4.78, 5) is 2.16. The van der Waals surface area contributed by atoms with E-state index in [1.165, 1.54) is 22.0 Å². The van der Waals surface area contributed by atoms with Gasteiger partial charge in [0.1, 0.15) is 0 Å². The SMILES string of the molecule is CCC(C#N)CN(C)c1ccc2cc(C)ccc2c1. The van der Waals surface area contributed by atoms with Crippen molar-refractivity contribution in [1.82, 2.24) is 0 Å². The maximum atomic E-state index is 9.05. The Morgan fingerprint density at radius 2 is 1.84 bits per heavy atom. The Bertz CT molecular complexity index is 610. The van der Waals surface area contributed by atoms with Crippen molar-refractivity contribution in [2.45, 2.75) is 20.3 Å². The second kappa shape index (κ2) is 5.75. The monoisotopic (exact) mass is 252 g/mol. The van der Waals surface area contributed by atoms with Crippen LogP contribution in [0.1, 0.15) is 18.9 Å². The van der Waals surface area contributed by atoms with Gasteiger partial charge in [0.15, 0.2) is 0 Å². The minimum Gasteiger partial charge on any atom is -0.373 e. The highest BCUT2D eigenvalue weighted by molar-refractivity contribution is 5.86. The van der Waals surface area contributed by atoms with Gasteiger partial charge in [-0.3, -0.25) is 0 Å². The second-order valence-electron chi connectivity index (χ2n) is 5.15. The van der Waals surface area contributed by atoms with E-state index in [-0.39, 0.29) is 5.92 Å². The summed E-state index contributed by atoms with van der Waals surface area (Å²) in [6, 6.07) is 15.3. The normalized spacial score (nSPS) is 12.1. The first kappa shape index (κ1) is 13.4. The van der Waals surface area contributed by atoms with Crippen LogP contribution < -0.4 is 4.90 Å². The lowest BCUT2D eigenvalue weighted by Gasteiger charge is -2.22. The van der Waals surface area contributed by atoms with E-state index in [1.54, 1.807) is 0 Å². The van der Waals surface area contributed by atoms with Crippen molar-refractivity contribution in [2.24, 2.45) is 5.92 Å². The lowest BCUT2D eigenvalue weighted by atomic mass is 10.1. The first-order valence-electron chi connectivity index (χ1n) is 6.75. The van der Waals surface area contributed by atoms with Crippen molar-refractivity contribution >= 4 is 16.5 Å². The van der Waals surface area contributed by atoms with Gasteiger partial charge in [-0.2, -0.15) is 5.26 Å². The molecule has 0 amide bonds. The zero-order chi connectivity index (χ0) is 13.8. The molecule has 2 aromatic rings. The molecule has 1 atom stereocenters. The van der Waals surface area contributed by atoms with Crippen molar-refractivity contribution in [3.05, 3.63) is 42.0 Å². The van der Waals surface area contributed by atoms with E-state index in [0.29, 0.717) is 0 Å². The number of fused-ring (bicyclic) bond motifs is 1. The lowest BCUT2D eigenvalue weighted by Crippen LogP contribution is -2.24. The molecule has 0 saturated carbocycles. The Balaban J connectivity index is 2.26. The van der Waals surface area contributed by atoms with E-state index in [9.17, 15) is 0 Å². The Hall–Kier alpha value is -2.01. The summed E-state index contributed by atoms with van der Waals surface area (Å²) in [5, 5.41) is 11.6. The van der Waals surface area contributed by atoms with Gasteiger partial charge >= 0.3 is 0 Å². The zero-order valence-electron chi connectivity index (χ0n) is 11.9. The van der Waals surface area contributed by atoms with Gasteiger partial charge in [0.25, 0.3) is 0 Å². The Labute approximate surface area is 115 Å². The number of rotatable bonds is 4. The molecule has 0 aromatic heterocycles. The predicted molar refractivity (Wildman–Crippen MR) is 81.3 cm³/mol. The topological polar surface area (TPSA) is 27.0 Å². The quantitative estimate of drug-likeness (QED) is 0.818. The summed E-state index contributed by atoms with van der Waals surface area (Å²) in [7, 11) is 2.05. The number of nitrogens with zero attached hydrogens (tertiary/aromatic N) is 2. The number of aryl methyl sites for hydroxylation is 1. The van der Waals surface area contributed by atoms with Crippen LogP contribution in [0.5, 0.6) is 0 Å². The van der Waals surface area contributed by atoms with Crippen LogP contribution in [0.15, 0.2) is 36.4 Å². The highest BCUT2D eigenvalue weighted by Gasteiger charge is 2.09. The summed E-state index contributed by atoms with van der Waals surface area (Å²) in [5.41, 5.74) is 2.45. The van der Waals surface area contributed by atoms with Gasteiger partial charge in [-0.05, 0) is 36.2 Å². The van der Waals surface area contributed by atoms with Gasteiger partial charge in [0.05, 0.1) is 12.0 Å². The predicted octanol–water partition coefficient (Wildman–Crippen LogP) is 4.13. The van der Waals surface area contributed by atoms with Crippen LogP contribution >= 0.6 is 0 Å². The van der Waals surface area contributed by atoms with Crippen molar-refractivity contribution < 1.29 is 0 Å². The first-order chi connectivity index (χ1) is 9.13. The molecule has 0 bridgehead atoms. The summed E-state index contributed by atoms with van der Waals surface area (Å²) in [5.74, 6) is 0.0960. The van der Waals surface area contributed by atoms with Crippen LogP contribution in [-0.2, 0) is 0 Å². The summed E-state index contributed by atoms with van der Waals surface area (Å²) in [6.07, 6.45) is 0.896. The molecule has 0 aliphatic carbocycles. The lowest BCUT2D eigenvalue weighted by molar-refractivity contribution is 0.631. The smallest absolute Gasteiger partial charge is 0.0674 e. The van der Waals surface area contributed by atoms with E-state index in [0.717, 1.165) is 13.0 Å². The third-order valence-electron chi connectivity index (χ3n) is 3.59. The van der Waals surface area contributed by atoms with E-state index in [1.807, 2.05) is 0 Å². The summed E-state index contributed by atoms with van der Waals surface area (Å²) < 4.78 is 0. The third kappa shape index (κ3) is 3.06. The molecule has 19 heavy (non-hydrogen) atoms. The molecule has 0 N–H and O–H groups in total. The van der Waals surface area contributed by atoms with Gasteiger partial charge in [-0.25, -0.2) is 0 Å². The molecule has 2 heteroatoms. The van der Waals surface area contributed by atoms with Gasteiger partial charge in [-0.1, -0.05) is 36.8 Å². The highest BCUT2D eigenvalue weighted by atomic mass is 15.1. The fraction of sp³-hybridized carbons (Fsp3) is 0.353. The van der Waals surface area contributed by atoms with Crippen molar-refractivity contribution in [3.63, 3.8) is 0 Å². The van der Waals surface area contributed by atoms with Crippen LogP contribution in [0.4, 0.5) is 5.69 Å². The molecule has 0 aliphatic heterocycles. The molecule has 0 heterocycles. The molecule has 0 fully saturated rings. The third-order valence-corrected chi connectivity index (χ3v) is 3.59.